The molecule has 0 aliphatic rings. The van der Waals surface area contributed by atoms with Crippen molar-refractivity contribution in [1.82, 2.24) is 30.0 Å². The summed E-state index contributed by atoms with van der Waals surface area (Å²) in [6.45, 7) is 2.27. The van der Waals surface area contributed by atoms with Gasteiger partial charge in [-0.25, -0.2) is 4.98 Å². The Bertz CT molecular complexity index is 766. The van der Waals surface area contributed by atoms with E-state index in [1.54, 1.807) is 41.5 Å². The van der Waals surface area contributed by atoms with E-state index in [0.717, 1.165) is 11.4 Å². The molecule has 3 aromatic rings. The van der Waals surface area contributed by atoms with Gasteiger partial charge in [0.25, 0.3) is 5.91 Å². The number of nitrogens with zero attached hydrogens (tertiary/aromatic N) is 5. The minimum absolute atomic E-state index is 0.269. The molecule has 0 spiro atoms. The lowest BCUT2D eigenvalue weighted by atomic mass is 10.3. The Morgan fingerprint density at radius 1 is 1.23 bits per heavy atom. The summed E-state index contributed by atoms with van der Waals surface area (Å²) in [5.41, 5.74) is 1.19. The van der Waals surface area contributed by atoms with E-state index in [4.69, 9.17) is 0 Å². The smallest absolute Gasteiger partial charge is 0.272 e. The lowest BCUT2D eigenvalue weighted by molar-refractivity contribution is 0.0945. The average Bonchev–Trinajstić information content (AvgIpc) is 3.00. The zero-order valence-corrected chi connectivity index (χ0v) is 12.0. The number of hydrogen-bond donors (Lipinski definition) is 1. The molecular formula is C15H14N6O. The Morgan fingerprint density at radius 2 is 2.14 bits per heavy atom. The Kier molecular flexibility index (Phi) is 3.86. The molecule has 1 N–H and O–H groups in total. The van der Waals surface area contributed by atoms with E-state index in [9.17, 15) is 4.79 Å². The predicted molar refractivity (Wildman–Crippen MR) is 79.3 cm³/mol. The van der Waals surface area contributed by atoms with Crippen LogP contribution in [-0.2, 0) is 6.54 Å². The summed E-state index contributed by atoms with van der Waals surface area (Å²) in [5.74, 6) is 1.16. The van der Waals surface area contributed by atoms with Gasteiger partial charge < -0.3 is 5.32 Å². The first-order valence-corrected chi connectivity index (χ1v) is 6.75. The van der Waals surface area contributed by atoms with E-state index >= 15 is 0 Å². The van der Waals surface area contributed by atoms with Crippen molar-refractivity contribution in [3.63, 3.8) is 0 Å². The van der Waals surface area contributed by atoms with Crippen LogP contribution >= 0.6 is 0 Å². The molecule has 0 saturated heterocycles. The van der Waals surface area contributed by atoms with Crippen molar-refractivity contribution in [3.05, 3.63) is 66.1 Å². The van der Waals surface area contributed by atoms with Crippen molar-refractivity contribution < 1.29 is 4.79 Å². The van der Waals surface area contributed by atoms with Gasteiger partial charge in [0.15, 0.2) is 11.5 Å². The highest BCUT2D eigenvalue weighted by Crippen LogP contribution is 2.06. The largest absolute Gasteiger partial charge is 0.347 e. The third-order valence-corrected chi connectivity index (χ3v) is 3.13. The van der Waals surface area contributed by atoms with Crippen LogP contribution in [0, 0.1) is 6.92 Å². The normalized spacial score (nSPS) is 10.4. The fraction of sp³-hybridized carbons (Fsp3) is 0.133. The third kappa shape index (κ3) is 2.98. The quantitative estimate of drug-likeness (QED) is 0.783. The molecule has 0 radical (unpaired) electrons. The molecule has 3 aromatic heterocycles. The van der Waals surface area contributed by atoms with Gasteiger partial charge in [-0.1, -0.05) is 6.07 Å². The van der Waals surface area contributed by atoms with Gasteiger partial charge >= 0.3 is 0 Å². The summed E-state index contributed by atoms with van der Waals surface area (Å²) in [6, 6.07) is 7.09. The number of aryl methyl sites for hydroxylation is 1. The van der Waals surface area contributed by atoms with Crippen LogP contribution in [0.1, 0.15) is 21.9 Å². The van der Waals surface area contributed by atoms with E-state index in [1.165, 1.54) is 0 Å². The standard InChI is InChI=1S/C15H14N6O/c1-11-17-7-8-21(11)14-5-4-13(19-20-14)15(22)18-10-12-3-2-6-16-9-12/h2-9H,10H2,1H3,(H,18,22). The Balaban J connectivity index is 1.67. The van der Waals surface area contributed by atoms with E-state index in [-0.39, 0.29) is 11.6 Å². The Morgan fingerprint density at radius 3 is 2.77 bits per heavy atom. The van der Waals surface area contributed by atoms with Crippen LogP contribution in [0.2, 0.25) is 0 Å². The first-order valence-electron chi connectivity index (χ1n) is 6.75. The maximum Gasteiger partial charge on any atom is 0.272 e. The van der Waals surface area contributed by atoms with Crippen molar-refractivity contribution in [3.8, 4) is 5.82 Å². The lowest BCUT2D eigenvalue weighted by Gasteiger charge is -2.06. The molecule has 0 saturated carbocycles. The van der Waals surface area contributed by atoms with Gasteiger partial charge in [-0.2, -0.15) is 0 Å². The maximum absolute atomic E-state index is 12.0. The summed E-state index contributed by atoms with van der Waals surface area (Å²) >= 11 is 0. The molecule has 3 heterocycles. The van der Waals surface area contributed by atoms with Gasteiger partial charge in [0.2, 0.25) is 0 Å². The van der Waals surface area contributed by atoms with Crippen molar-refractivity contribution in [1.29, 1.82) is 0 Å². The molecule has 0 aromatic carbocycles. The number of rotatable bonds is 4. The third-order valence-electron chi connectivity index (χ3n) is 3.13. The molecule has 3 rings (SSSR count). The van der Waals surface area contributed by atoms with E-state index in [1.807, 2.05) is 19.1 Å². The number of aromatic nitrogens is 5. The summed E-state index contributed by atoms with van der Waals surface area (Å²) in [7, 11) is 0. The topological polar surface area (TPSA) is 85.6 Å². The number of carbonyl (C=O) groups excluding carboxylic acids is 1. The van der Waals surface area contributed by atoms with E-state index in [2.05, 4.69) is 25.5 Å². The fourth-order valence-electron chi connectivity index (χ4n) is 1.97. The number of imidazole rings is 1. The number of carbonyl (C=O) groups is 1. The molecular weight excluding hydrogens is 280 g/mol. The summed E-state index contributed by atoms with van der Waals surface area (Å²) in [6.07, 6.45) is 6.87. The molecule has 0 fully saturated rings. The van der Waals surface area contributed by atoms with Crippen LogP contribution in [-0.4, -0.2) is 30.6 Å². The van der Waals surface area contributed by atoms with Crippen molar-refractivity contribution in [2.45, 2.75) is 13.5 Å². The monoisotopic (exact) mass is 294 g/mol. The molecule has 0 atom stereocenters. The van der Waals surface area contributed by atoms with Gasteiger partial charge in [0, 0.05) is 31.3 Å². The fourth-order valence-corrected chi connectivity index (χ4v) is 1.97. The molecule has 1 amide bonds. The minimum Gasteiger partial charge on any atom is -0.347 e. The van der Waals surface area contributed by atoms with Crippen molar-refractivity contribution >= 4 is 5.91 Å². The number of hydrogen-bond acceptors (Lipinski definition) is 5. The van der Waals surface area contributed by atoms with Crippen LogP contribution in [0.4, 0.5) is 0 Å². The molecule has 7 nitrogen and oxygen atoms in total. The lowest BCUT2D eigenvalue weighted by Crippen LogP contribution is -2.24. The number of amides is 1. The zero-order valence-electron chi connectivity index (χ0n) is 12.0. The Labute approximate surface area is 127 Å². The van der Waals surface area contributed by atoms with Gasteiger partial charge in [-0.15, -0.1) is 10.2 Å². The highest BCUT2D eigenvalue weighted by atomic mass is 16.1. The van der Waals surface area contributed by atoms with E-state index in [0.29, 0.717) is 12.4 Å². The van der Waals surface area contributed by atoms with Gasteiger partial charge in [0.1, 0.15) is 5.82 Å². The molecule has 0 unspecified atom stereocenters. The van der Waals surface area contributed by atoms with Gasteiger partial charge in [-0.3, -0.25) is 14.3 Å². The van der Waals surface area contributed by atoms with Crippen molar-refractivity contribution in [2.75, 3.05) is 0 Å². The zero-order chi connectivity index (χ0) is 15.4. The summed E-state index contributed by atoms with van der Waals surface area (Å²) in [4.78, 5) is 20.1. The molecule has 0 aliphatic carbocycles. The van der Waals surface area contributed by atoms with Gasteiger partial charge in [0.05, 0.1) is 0 Å². The van der Waals surface area contributed by atoms with Crippen LogP contribution in [0.3, 0.4) is 0 Å². The SMILES string of the molecule is Cc1nccn1-c1ccc(C(=O)NCc2cccnc2)nn1. The highest BCUT2D eigenvalue weighted by Gasteiger charge is 2.09. The second-order valence-corrected chi connectivity index (χ2v) is 4.67. The molecule has 7 heteroatoms. The first kappa shape index (κ1) is 13.9. The number of pyridine rings is 1. The van der Waals surface area contributed by atoms with Crippen LogP contribution in [0.5, 0.6) is 0 Å². The summed E-state index contributed by atoms with van der Waals surface area (Å²) in [5, 5.41) is 10.8. The van der Waals surface area contributed by atoms with Crippen LogP contribution < -0.4 is 5.32 Å². The Hall–Kier alpha value is -3.09. The number of nitrogens with one attached hydrogen (secondary N) is 1. The van der Waals surface area contributed by atoms with Crippen molar-refractivity contribution in [2.24, 2.45) is 0 Å². The second kappa shape index (κ2) is 6.13. The molecule has 22 heavy (non-hydrogen) atoms. The summed E-state index contributed by atoms with van der Waals surface area (Å²) < 4.78 is 1.80. The first-order chi connectivity index (χ1) is 10.7. The molecule has 0 aliphatic heterocycles. The molecule has 110 valence electrons. The van der Waals surface area contributed by atoms with Gasteiger partial charge in [-0.05, 0) is 30.7 Å². The second-order valence-electron chi connectivity index (χ2n) is 4.67. The van der Waals surface area contributed by atoms with Crippen LogP contribution in [0.15, 0.2) is 49.1 Å². The minimum atomic E-state index is -0.273. The predicted octanol–water partition coefficient (Wildman–Crippen LogP) is 1.30. The maximum atomic E-state index is 12.0. The van der Waals surface area contributed by atoms with Crippen LogP contribution in [0.25, 0.3) is 5.82 Å². The van der Waals surface area contributed by atoms with E-state index < -0.39 is 0 Å². The highest BCUT2D eigenvalue weighted by molar-refractivity contribution is 5.92. The molecule has 0 bridgehead atoms. The average molecular weight is 294 g/mol.